The maximum Gasteiger partial charge on any atom is 0.127 e. The number of hydrogen-bond donors (Lipinski definition) is 1. The molecule has 5 heteroatoms. The van der Waals surface area contributed by atoms with E-state index in [-0.39, 0.29) is 11.9 Å². The minimum atomic E-state index is -0.265. The van der Waals surface area contributed by atoms with Gasteiger partial charge in [0.05, 0.1) is 0 Å². The van der Waals surface area contributed by atoms with Gasteiger partial charge < -0.3 is 5.32 Å². The van der Waals surface area contributed by atoms with E-state index in [1.54, 1.807) is 12.1 Å². The number of halogens is 4. The van der Waals surface area contributed by atoms with E-state index >= 15 is 0 Å². The van der Waals surface area contributed by atoms with Gasteiger partial charge in [0.15, 0.2) is 0 Å². The minimum absolute atomic E-state index is 0.0353. The molecular formula is C16H15Br2ClFN. The minimum Gasteiger partial charge on any atom is -0.310 e. The molecule has 0 amide bonds. The summed E-state index contributed by atoms with van der Waals surface area (Å²) in [7, 11) is 0. The summed E-state index contributed by atoms with van der Waals surface area (Å²) < 4.78 is 16.0. The van der Waals surface area contributed by atoms with Crippen LogP contribution in [0, 0.1) is 5.82 Å². The summed E-state index contributed by atoms with van der Waals surface area (Å²) >= 11 is 12.8. The Morgan fingerprint density at radius 2 is 1.95 bits per heavy atom. The van der Waals surface area contributed by atoms with Crippen LogP contribution >= 0.6 is 43.5 Å². The van der Waals surface area contributed by atoms with Crippen LogP contribution in [0.5, 0.6) is 0 Å². The fourth-order valence-electron chi connectivity index (χ4n) is 2.23. The lowest BCUT2D eigenvalue weighted by atomic mass is 9.98. The smallest absolute Gasteiger partial charge is 0.127 e. The Labute approximate surface area is 146 Å². The molecule has 0 saturated carbocycles. The standard InChI is InChI=1S/C16H15Br2ClFN/c1-2-21-16(13-6-4-11(17)8-14(13)18)7-10-3-5-12(19)9-15(10)20/h3-6,8-9,16,21H,2,7H2,1H3. The normalized spacial score (nSPS) is 12.4. The topological polar surface area (TPSA) is 12.0 Å². The van der Waals surface area contributed by atoms with Crippen molar-refractivity contribution in [2.45, 2.75) is 19.4 Å². The quantitative estimate of drug-likeness (QED) is 0.617. The molecule has 0 heterocycles. The van der Waals surface area contributed by atoms with E-state index in [2.05, 4.69) is 37.2 Å². The Balaban J connectivity index is 2.30. The number of benzene rings is 2. The van der Waals surface area contributed by atoms with Crippen molar-refractivity contribution in [3.63, 3.8) is 0 Å². The lowest BCUT2D eigenvalue weighted by Crippen LogP contribution is -2.23. The summed E-state index contributed by atoms with van der Waals surface area (Å²) in [5, 5.41) is 3.82. The summed E-state index contributed by atoms with van der Waals surface area (Å²) in [6.07, 6.45) is 0.567. The monoisotopic (exact) mass is 433 g/mol. The van der Waals surface area contributed by atoms with Gasteiger partial charge in [0.2, 0.25) is 0 Å². The average molecular weight is 436 g/mol. The highest BCUT2D eigenvalue weighted by molar-refractivity contribution is 9.11. The summed E-state index contributed by atoms with van der Waals surface area (Å²) in [5.74, 6) is -0.265. The zero-order chi connectivity index (χ0) is 15.4. The first-order chi connectivity index (χ1) is 10.0. The molecule has 1 N–H and O–H groups in total. The van der Waals surface area contributed by atoms with E-state index in [4.69, 9.17) is 11.6 Å². The molecule has 2 rings (SSSR count). The van der Waals surface area contributed by atoms with Crippen LogP contribution in [0.3, 0.4) is 0 Å². The first-order valence-corrected chi connectivity index (χ1v) is 8.60. The van der Waals surface area contributed by atoms with Gasteiger partial charge >= 0.3 is 0 Å². The number of rotatable bonds is 5. The lowest BCUT2D eigenvalue weighted by molar-refractivity contribution is 0.526. The molecule has 2 aromatic rings. The Morgan fingerprint density at radius 1 is 1.19 bits per heavy atom. The maximum atomic E-state index is 14.0. The van der Waals surface area contributed by atoms with Crippen molar-refractivity contribution in [2.75, 3.05) is 6.54 Å². The van der Waals surface area contributed by atoms with Gasteiger partial charge in [-0.25, -0.2) is 4.39 Å². The molecule has 0 aromatic heterocycles. The van der Waals surface area contributed by atoms with E-state index in [0.29, 0.717) is 17.0 Å². The Bertz CT molecular complexity index is 634. The predicted molar refractivity (Wildman–Crippen MR) is 93.4 cm³/mol. The van der Waals surface area contributed by atoms with Crippen LogP contribution in [-0.2, 0) is 6.42 Å². The SMILES string of the molecule is CCNC(Cc1ccc(Cl)cc1F)c1ccc(Br)cc1Br. The van der Waals surface area contributed by atoms with Gasteiger partial charge in [-0.1, -0.05) is 62.5 Å². The number of nitrogens with one attached hydrogen (secondary N) is 1. The van der Waals surface area contributed by atoms with Crippen LogP contribution < -0.4 is 5.32 Å². The lowest BCUT2D eigenvalue weighted by Gasteiger charge is -2.20. The van der Waals surface area contributed by atoms with Gasteiger partial charge in [0, 0.05) is 20.0 Å². The molecular weight excluding hydrogens is 420 g/mol. The molecule has 21 heavy (non-hydrogen) atoms. The first-order valence-electron chi connectivity index (χ1n) is 6.63. The molecule has 1 atom stereocenters. The van der Waals surface area contributed by atoms with Crippen molar-refractivity contribution in [2.24, 2.45) is 0 Å². The maximum absolute atomic E-state index is 14.0. The van der Waals surface area contributed by atoms with Crippen LogP contribution in [0.25, 0.3) is 0 Å². The Morgan fingerprint density at radius 3 is 2.57 bits per heavy atom. The highest BCUT2D eigenvalue weighted by atomic mass is 79.9. The van der Waals surface area contributed by atoms with Crippen molar-refractivity contribution in [3.8, 4) is 0 Å². The van der Waals surface area contributed by atoms with Gasteiger partial charge in [-0.05, 0) is 48.4 Å². The fourth-order valence-corrected chi connectivity index (χ4v) is 3.71. The molecule has 0 aliphatic rings. The van der Waals surface area contributed by atoms with Crippen molar-refractivity contribution in [1.82, 2.24) is 5.32 Å². The zero-order valence-electron chi connectivity index (χ0n) is 11.5. The van der Waals surface area contributed by atoms with Crippen LogP contribution in [0.15, 0.2) is 45.3 Å². The van der Waals surface area contributed by atoms with E-state index in [1.165, 1.54) is 6.07 Å². The van der Waals surface area contributed by atoms with Crippen molar-refractivity contribution in [1.29, 1.82) is 0 Å². The van der Waals surface area contributed by atoms with Crippen LogP contribution in [0.1, 0.15) is 24.1 Å². The first kappa shape index (κ1) is 16.9. The molecule has 1 nitrogen and oxygen atoms in total. The van der Waals surface area contributed by atoms with Crippen LogP contribution in [0.4, 0.5) is 4.39 Å². The third-order valence-corrected chi connectivity index (χ3v) is 4.64. The predicted octanol–water partition coefficient (Wildman–Crippen LogP) is 5.90. The molecule has 0 aliphatic carbocycles. The summed E-state index contributed by atoms with van der Waals surface area (Å²) in [5.41, 5.74) is 1.76. The average Bonchev–Trinajstić information content (AvgIpc) is 2.41. The van der Waals surface area contributed by atoms with Gasteiger partial charge in [0.1, 0.15) is 5.82 Å². The van der Waals surface area contributed by atoms with Crippen LogP contribution in [-0.4, -0.2) is 6.54 Å². The van der Waals surface area contributed by atoms with Gasteiger partial charge in [-0.15, -0.1) is 0 Å². The van der Waals surface area contributed by atoms with Crippen LogP contribution in [0.2, 0.25) is 5.02 Å². The number of hydrogen-bond acceptors (Lipinski definition) is 1. The molecule has 0 aliphatic heterocycles. The number of likely N-dealkylation sites (N-methyl/N-ethyl adjacent to an activating group) is 1. The molecule has 0 bridgehead atoms. The largest absolute Gasteiger partial charge is 0.310 e. The molecule has 0 saturated heterocycles. The second-order valence-electron chi connectivity index (χ2n) is 4.72. The second-order valence-corrected chi connectivity index (χ2v) is 6.92. The second kappa shape index (κ2) is 7.73. The van der Waals surface area contributed by atoms with Crippen molar-refractivity contribution >= 4 is 43.5 Å². The molecule has 1 unspecified atom stereocenters. The summed E-state index contributed by atoms with van der Waals surface area (Å²) in [4.78, 5) is 0. The highest BCUT2D eigenvalue weighted by Gasteiger charge is 2.16. The van der Waals surface area contributed by atoms with E-state index in [9.17, 15) is 4.39 Å². The fraction of sp³-hybridized carbons (Fsp3) is 0.250. The molecule has 2 aromatic carbocycles. The Hall–Kier alpha value is -0.420. The van der Waals surface area contributed by atoms with E-state index in [1.807, 2.05) is 25.1 Å². The van der Waals surface area contributed by atoms with Gasteiger partial charge in [-0.3, -0.25) is 0 Å². The van der Waals surface area contributed by atoms with E-state index < -0.39 is 0 Å². The highest BCUT2D eigenvalue weighted by Crippen LogP contribution is 2.30. The Kier molecular flexibility index (Phi) is 6.23. The summed E-state index contributed by atoms with van der Waals surface area (Å²) in [6, 6.07) is 10.9. The van der Waals surface area contributed by atoms with Gasteiger partial charge in [0.25, 0.3) is 0 Å². The van der Waals surface area contributed by atoms with Gasteiger partial charge in [-0.2, -0.15) is 0 Å². The molecule has 112 valence electrons. The zero-order valence-corrected chi connectivity index (χ0v) is 15.4. The third-order valence-electron chi connectivity index (χ3n) is 3.23. The molecule has 0 fully saturated rings. The van der Waals surface area contributed by atoms with E-state index in [0.717, 1.165) is 21.1 Å². The third kappa shape index (κ3) is 4.52. The van der Waals surface area contributed by atoms with Crippen molar-refractivity contribution < 1.29 is 4.39 Å². The van der Waals surface area contributed by atoms with Crippen molar-refractivity contribution in [3.05, 3.63) is 67.3 Å². The summed E-state index contributed by atoms with van der Waals surface area (Å²) in [6.45, 7) is 2.85. The molecule has 0 spiro atoms. The molecule has 0 radical (unpaired) electrons.